The first kappa shape index (κ1) is 8.12. The molecular formula is C6H11N3. The lowest BCUT2D eigenvalue weighted by molar-refractivity contribution is 0.393. The van der Waals surface area contributed by atoms with Gasteiger partial charge in [0, 0.05) is 25.7 Å². The Morgan fingerprint density at radius 2 is 2.44 bits per heavy atom. The molecule has 0 aliphatic heterocycles. The summed E-state index contributed by atoms with van der Waals surface area (Å²) in [5, 5.41) is 14.9. The van der Waals surface area contributed by atoms with Gasteiger partial charge in [0.1, 0.15) is 0 Å². The Bertz CT molecular complexity index is 114. The van der Waals surface area contributed by atoms with E-state index < -0.39 is 0 Å². The fraction of sp³-hybridized carbons (Fsp3) is 0.667. The Balaban J connectivity index is 3.17. The van der Waals surface area contributed by atoms with Crippen molar-refractivity contribution in [2.45, 2.75) is 6.42 Å². The first-order chi connectivity index (χ1) is 4.31. The molecule has 0 rings (SSSR count). The molecule has 0 aliphatic rings. The Hall–Kier alpha value is -0.880. The maximum absolute atomic E-state index is 8.15. The van der Waals surface area contributed by atoms with Crippen LogP contribution >= 0.6 is 0 Å². The van der Waals surface area contributed by atoms with Crippen molar-refractivity contribution in [1.29, 1.82) is 10.7 Å². The van der Waals surface area contributed by atoms with Crippen LogP contribution in [0.15, 0.2) is 0 Å². The Kier molecular flexibility index (Phi) is 4.75. The number of rotatable bonds is 4. The van der Waals surface area contributed by atoms with Gasteiger partial charge in [-0.25, -0.2) is 0 Å². The van der Waals surface area contributed by atoms with Crippen LogP contribution in [0.5, 0.6) is 0 Å². The van der Waals surface area contributed by atoms with Crippen molar-refractivity contribution >= 4 is 6.21 Å². The van der Waals surface area contributed by atoms with Crippen LogP contribution in [-0.4, -0.2) is 31.3 Å². The highest BCUT2D eigenvalue weighted by molar-refractivity contribution is 5.55. The summed E-state index contributed by atoms with van der Waals surface area (Å²) in [5.41, 5.74) is 0. The highest BCUT2D eigenvalue weighted by Crippen LogP contribution is 1.81. The van der Waals surface area contributed by atoms with E-state index in [1.807, 2.05) is 18.0 Å². The summed E-state index contributed by atoms with van der Waals surface area (Å²) < 4.78 is 0. The monoisotopic (exact) mass is 125 g/mol. The normalized spacial score (nSPS) is 9.00. The summed E-state index contributed by atoms with van der Waals surface area (Å²) in [5.74, 6) is 0. The van der Waals surface area contributed by atoms with Crippen molar-refractivity contribution in [3.05, 3.63) is 0 Å². The van der Waals surface area contributed by atoms with Gasteiger partial charge in [-0.3, -0.25) is 0 Å². The molecule has 0 heterocycles. The molecule has 0 atom stereocenters. The molecule has 0 aliphatic carbocycles. The van der Waals surface area contributed by atoms with Crippen molar-refractivity contribution in [1.82, 2.24) is 4.90 Å². The SMILES string of the molecule is CN(CC=N)CCC#N. The van der Waals surface area contributed by atoms with Crippen LogP contribution < -0.4 is 0 Å². The third-order valence-electron chi connectivity index (χ3n) is 1.01. The smallest absolute Gasteiger partial charge is 0.0635 e. The van der Waals surface area contributed by atoms with E-state index in [0.29, 0.717) is 13.0 Å². The van der Waals surface area contributed by atoms with Gasteiger partial charge in [-0.15, -0.1) is 0 Å². The number of hydrogen-bond acceptors (Lipinski definition) is 3. The fourth-order valence-corrected chi connectivity index (χ4v) is 0.488. The van der Waals surface area contributed by atoms with Crippen molar-refractivity contribution < 1.29 is 0 Å². The molecule has 3 nitrogen and oxygen atoms in total. The molecule has 0 saturated heterocycles. The first-order valence-corrected chi connectivity index (χ1v) is 2.85. The molecule has 0 bridgehead atoms. The van der Waals surface area contributed by atoms with Crippen LogP contribution in [0, 0.1) is 16.7 Å². The van der Waals surface area contributed by atoms with Gasteiger partial charge in [-0.2, -0.15) is 5.26 Å². The average molecular weight is 125 g/mol. The molecule has 0 aromatic heterocycles. The maximum atomic E-state index is 8.15. The molecule has 3 heteroatoms. The van der Waals surface area contributed by atoms with Gasteiger partial charge in [0.05, 0.1) is 6.07 Å². The molecule has 0 aromatic rings. The van der Waals surface area contributed by atoms with Crippen LogP contribution in [0.4, 0.5) is 0 Å². The first-order valence-electron chi connectivity index (χ1n) is 2.85. The van der Waals surface area contributed by atoms with Crippen LogP contribution in [0.3, 0.4) is 0 Å². The summed E-state index contributed by atoms with van der Waals surface area (Å²) in [6.07, 6.45) is 1.88. The van der Waals surface area contributed by atoms with Gasteiger partial charge in [0.25, 0.3) is 0 Å². The topological polar surface area (TPSA) is 50.9 Å². The third-order valence-corrected chi connectivity index (χ3v) is 1.01. The van der Waals surface area contributed by atoms with E-state index in [0.717, 1.165) is 6.54 Å². The van der Waals surface area contributed by atoms with Crippen molar-refractivity contribution in [3.8, 4) is 6.07 Å². The molecule has 0 saturated carbocycles. The van der Waals surface area contributed by atoms with Gasteiger partial charge in [-0.05, 0) is 7.05 Å². The van der Waals surface area contributed by atoms with E-state index in [1.54, 1.807) is 0 Å². The Morgan fingerprint density at radius 3 is 2.89 bits per heavy atom. The van der Waals surface area contributed by atoms with Crippen molar-refractivity contribution in [3.63, 3.8) is 0 Å². The molecule has 0 unspecified atom stereocenters. The minimum atomic E-state index is 0.546. The van der Waals surface area contributed by atoms with Gasteiger partial charge < -0.3 is 10.3 Å². The van der Waals surface area contributed by atoms with E-state index in [-0.39, 0.29) is 0 Å². The van der Waals surface area contributed by atoms with Crippen LogP contribution in [0.25, 0.3) is 0 Å². The second-order valence-electron chi connectivity index (χ2n) is 1.87. The van der Waals surface area contributed by atoms with E-state index in [9.17, 15) is 0 Å². The molecule has 0 aromatic carbocycles. The van der Waals surface area contributed by atoms with Crippen LogP contribution in [0.1, 0.15) is 6.42 Å². The predicted molar refractivity (Wildman–Crippen MR) is 36.5 cm³/mol. The number of nitrogens with one attached hydrogen (secondary N) is 1. The molecule has 0 spiro atoms. The zero-order valence-electron chi connectivity index (χ0n) is 5.59. The number of nitriles is 1. The minimum Gasteiger partial charge on any atom is -0.312 e. The summed E-state index contributed by atoms with van der Waals surface area (Å²) >= 11 is 0. The molecule has 0 radical (unpaired) electrons. The highest BCUT2D eigenvalue weighted by Gasteiger charge is 1.91. The lowest BCUT2D eigenvalue weighted by Gasteiger charge is -2.09. The standard InChI is InChI=1S/C6H11N3/c1-9(6-4-8)5-2-3-7/h4,8H,2,5-6H2,1H3. The van der Waals surface area contributed by atoms with Crippen LogP contribution in [-0.2, 0) is 0 Å². The molecule has 1 N–H and O–H groups in total. The molecule has 0 amide bonds. The predicted octanol–water partition coefficient (Wildman–Crippen LogP) is 0.481. The minimum absolute atomic E-state index is 0.546. The highest BCUT2D eigenvalue weighted by atomic mass is 15.1. The van der Waals surface area contributed by atoms with E-state index in [1.165, 1.54) is 6.21 Å². The van der Waals surface area contributed by atoms with Crippen molar-refractivity contribution in [2.24, 2.45) is 0 Å². The number of nitrogens with zero attached hydrogens (tertiary/aromatic N) is 2. The summed E-state index contributed by atoms with van der Waals surface area (Å²) in [7, 11) is 1.89. The van der Waals surface area contributed by atoms with Gasteiger partial charge in [0.2, 0.25) is 0 Å². The largest absolute Gasteiger partial charge is 0.312 e. The lowest BCUT2D eigenvalue weighted by atomic mass is 10.4. The third kappa shape index (κ3) is 4.98. The zero-order chi connectivity index (χ0) is 7.11. The fourth-order valence-electron chi connectivity index (χ4n) is 0.488. The molecule has 0 fully saturated rings. The summed E-state index contributed by atoms with van der Waals surface area (Å²) in [6, 6.07) is 2.04. The summed E-state index contributed by atoms with van der Waals surface area (Å²) in [4.78, 5) is 1.93. The Morgan fingerprint density at radius 1 is 1.78 bits per heavy atom. The molecule has 50 valence electrons. The van der Waals surface area contributed by atoms with E-state index in [2.05, 4.69) is 0 Å². The molecular weight excluding hydrogens is 114 g/mol. The van der Waals surface area contributed by atoms with E-state index in [4.69, 9.17) is 10.7 Å². The maximum Gasteiger partial charge on any atom is 0.0635 e. The van der Waals surface area contributed by atoms with Crippen molar-refractivity contribution in [2.75, 3.05) is 20.1 Å². The van der Waals surface area contributed by atoms with Gasteiger partial charge >= 0.3 is 0 Å². The summed E-state index contributed by atoms with van der Waals surface area (Å²) in [6.45, 7) is 1.40. The van der Waals surface area contributed by atoms with E-state index >= 15 is 0 Å². The Labute approximate surface area is 55.4 Å². The van der Waals surface area contributed by atoms with Gasteiger partial charge in [-0.1, -0.05) is 0 Å². The zero-order valence-corrected chi connectivity index (χ0v) is 5.59. The second-order valence-corrected chi connectivity index (χ2v) is 1.87. The van der Waals surface area contributed by atoms with Crippen LogP contribution in [0.2, 0.25) is 0 Å². The number of hydrogen-bond donors (Lipinski definition) is 1. The second kappa shape index (κ2) is 5.26. The van der Waals surface area contributed by atoms with Gasteiger partial charge in [0.15, 0.2) is 0 Å². The average Bonchev–Trinajstić information content (AvgIpc) is 1.85. The molecule has 9 heavy (non-hydrogen) atoms. The lowest BCUT2D eigenvalue weighted by Crippen LogP contribution is -2.20. The quantitative estimate of drug-likeness (QED) is 0.555.